The van der Waals surface area contributed by atoms with Crippen molar-refractivity contribution >= 4 is 11.0 Å². The molecule has 0 spiro atoms. The molecule has 21 heavy (non-hydrogen) atoms. The summed E-state index contributed by atoms with van der Waals surface area (Å²) >= 11 is 0. The van der Waals surface area contributed by atoms with Crippen LogP contribution in [0, 0.1) is 6.92 Å². The van der Waals surface area contributed by atoms with Crippen LogP contribution >= 0.6 is 0 Å². The van der Waals surface area contributed by atoms with Crippen molar-refractivity contribution in [3.63, 3.8) is 0 Å². The Morgan fingerprint density at radius 1 is 1.29 bits per heavy atom. The number of aryl methyl sites for hydroxylation is 1. The van der Waals surface area contributed by atoms with Gasteiger partial charge in [0.05, 0.1) is 18.6 Å². The molecule has 3 rings (SSSR count). The molecule has 0 aliphatic heterocycles. The van der Waals surface area contributed by atoms with Gasteiger partial charge in [0, 0.05) is 25.3 Å². The molecule has 2 heterocycles. The number of aromatic nitrogens is 4. The van der Waals surface area contributed by atoms with Gasteiger partial charge in [0.2, 0.25) is 0 Å². The van der Waals surface area contributed by atoms with Crippen LogP contribution in [0.4, 0.5) is 0 Å². The van der Waals surface area contributed by atoms with Crippen LogP contribution in [-0.4, -0.2) is 43.4 Å². The molecule has 0 saturated carbocycles. The van der Waals surface area contributed by atoms with Gasteiger partial charge in [0.1, 0.15) is 11.0 Å². The molecule has 2 aromatic heterocycles. The van der Waals surface area contributed by atoms with Crippen LogP contribution in [0.25, 0.3) is 11.0 Å². The summed E-state index contributed by atoms with van der Waals surface area (Å²) in [5, 5.41) is 17.1. The van der Waals surface area contributed by atoms with Gasteiger partial charge in [-0.25, -0.2) is 9.61 Å². The predicted octanol–water partition coefficient (Wildman–Crippen LogP) is 1.25. The lowest BCUT2D eigenvalue weighted by Crippen LogP contribution is -2.26. The van der Waals surface area contributed by atoms with Crippen molar-refractivity contribution in [3.8, 4) is 0 Å². The van der Waals surface area contributed by atoms with Crippen molar-refractivity contribution in [2.45, 2.75) is 20.0 Å². The fraction of sp³-hybridized carbons (Fsp3) is 0.357. The molecule has 0 aliphatic carbocycles. The molecule has 0 aliphatic rings. The highest BCUT2D eigenvalue weighted by molar-refractivity contribution is 5.76. The number of H-pyrrole nitrogens is 1. The standard InChI is InChI=1S/C14H17N5O2/c1-10-13(16-9-15-10)8-19(5-6-20)7-11-3-2-4-12-14(11)18-21-17-12/h2-4,9,20H,5-8H2,1H3,(H,15,16). The third-order valence-corrected chi connectivity index (χ3v) is 3.49. The SMILES string of the molecule is Cc1[nH]cnc1CN(CCO)Cc1cccc2nonc12. The number of aromatic amines is 1. The minimum absolute atomic E-state index is 0.0938. The molecule has 2 N–H and O–H groups in total. The molecular formula is C14H17N5O2. The van der Waals surface area contributed by atoms with E-state index in [1.54, 1.807) is 6.33 Å². The smallest absolute Gasteiger partial charge is 0.139 e. The lowest BCUT2D eigenvalue weighted by Gasteiger charge is -2.20. The van der Waals surface area contributed by atoms with E-state index in [-0.39, 0.29) is 6.61 Å². The minimum Gasteiger partial charge on any atom is -0.395 e. The first-order valence-corrected chi connectivity index (χ1v) is 6.80. The highest BCUT2D eigenvalue weighted by Gasteiger charge is 2.13. The molecule has 0 atom stereocenters. The van der Waals surface area contributed by atoms with Crippen LogP contribution in [0.15, 0.2) is 29.2 Å². The molecular weight excluding hydrogens is 270 g/mol. The van der Waals surface area contributed by atoms with E-state index in [4.69, 9.17) is 4.63 Å². The molecule has 7 heteroatoms. The van der Waals surface area contributed by atoms with Crippen LogP contribution in [-0.2, 0) is 13.1 Å². The minimum atomic E-state index is 0.0938. The fourth-order valence-electron chi connectivity index (χ4n) is 2.34. The van der Waals surface area contributed by atoms with E-state index in [9.17, 15) is 5.11 Å². The highest BCUT2D eigenvalue weighted by atomic mass is 16.6. The molecule has 3 aromatic rings. The third-order valence-electron chi connectivity index (χ3n) is 3.49. The zero-order valence-corrected chi connectivity index (χ0v) is 11.8. The number of hydrogen-bond donors (Lipinski definition) is 2. The van der Waals surface area contributed by atoms with E-state index in [1.807, 2.05) is 25.1 Å². The number of benzene rings is 1. The summed E-state index contributed by atoms with van der Waals surface area (Å²) in [4.78, 5) is 9.49. The van der Waals surface area contributed by atoms with Crippen molar-refractivity contribution in [2.75, 3.05) is 13.2 Å². The Morgan fingerprint density at radius 2 is 2.19 bits per heavy atom. The van der Waals surface area contributed by atoms with Gasteiger partial charge in [0.15, 0.2) is 0 Å². The Hall–Kier alpha value is -2.25. The van der Waals surface area contributed by atoms with Crippen molar-refractivity contribution in [3.05, 3.63) is 41.5 Å². The Labute approximate surface area is 121 Å². The van der Waals surface area contributed by atoms with Gasteiger partial charge < -0.3 is 10.1 Å². The van der Waals surface area contributed by atoms with Crippen LogP contribution in [0.1, 0.15) is 17.0 Å². The zero-order chi connectivity index (χ0) is 14.7. The van der Waals surface area contributed by atoms with Crippen LogP contribution in [0.3, 0.4) is 0 Å². The van der Waals surface area contributed by atoms with Gasteiger partial charge in [-0.3, -0.25) is 4.90 Å². The van der Waals surface area contributed by atoms with E-state index >= 15 is 0 Å². The molecule has 0 amide bonds. The Morgan fingerprint density at radius 3 is 2.95 bits per heavy atom. The highest BCUT2D eigenvalue weighted by Crippen LogP contribution is 2.17. The molecule has 7 nitrogen and oxygen atoms in total. The molecule has 0 bridgehead atoms. The first kappa shape index (κ1) is 13.7. The molecule has 1 aromatic carbocycles. The Kier molecular flexibility index (Phi) is 3.94. The van der Waals surface area contributed by atoms with Crippen LogP contribution < -0.4 is 0 Å². The van der Waals surface area contributed by atoms with Gasteiger partial charge in [-0.2, -0.15) is 0 Å². The van der Waals surface area contributed by atoms with Gasteiger partial charge >= 0.3 is 0 Å². The maximum absolute atomic E-state index is 9.27. The summed E-state index contributed by atoms with van der Waals surface area (Å²) < 4.78 is 4.79. The third kappa shape index (κ3) is 2.93. The number of aliphatic hydroxyl groups is 1. The summed E-state index contributed by atoms with van der Waals surface area (Å²) in [5.74, 6) is 0. The van der Waals surface area contributed by atoms with Gasteiger partial charge in [0.25, 0.3) is 0 Å². The number of nitrogens with one attached hydrogen (secondary N) is 1. The molecule has 110 valence electrons. The number of fused-ring (bicyclic) bond motifs is 1. The maximum Gasteiger partial charge on any atom is 0.139 e. The average Bonchev–Trinajstić information content (AvgIpc) is 3.09. The van der Waals surface area contributed by atoms with E-state index in [1.165, 1.54) is 0 Å². The number of nitrogens with zero attached hydrogens (tertiary/aromatic N) is 4. The van der Waals surface area contributed by atoms with Crippen molar-refractivity contribution in [1.29, 1.82) is 0 Å². The number of aliphatic hydroxyl groups excluding tert-OH is 1. The second-order valence-corrected chi connectivity index (χ2v) is 4.96. The number of rotatable bonds is 6. The first-order chi connectivity index (χ1) is 10.3. The second-order valence-electron chi connectivity index (χ2n) is 4.96. The van der Waals surface area contributed by atoms with Crippen molar-refractivity contribution in [2.24, 2.45) is 0 Å². The summed E-state index contributed by atoms with van der Waals surface area (Å²) in [6, 6.07) is 5.79. The predicted molar refractivity (Wildman–Crippen MR) is 76.3 cm³/mol. The van der Waals surface area contributed by atoms with Crippen molar-refractivity contribution < 1.29 is 9.74 Å². The van der Waals surface area contributed by atoms with Gasteiger partial charge in [-0.05, 0) is 28.9 Å². The summed E-state index contributed by atoms with van der Waals surface area (Å²) in [7, 11) is 0. The molecule has 0 radical (unpaired) electrons. The first-order valence-electron chi connectivity index (χ1n) is 6.80. The number of hydrogen-bond acceptors (Lipinski definition) is 6. The lowest BCUT2D eigenvalue weighted by atomic mass is 10.1. The second kappa shape index (κ2) is 6.02. The quantitative estimate of drug-likeness (QED) is 0.709. The monoisotopic (exact) mass is 287 g/mol. The van der Waals surface area contributed by atoms with Crippen molar-refractivity contribution in [1.82, 2.24) is 25.2 Å². The van der Waals surface area contributed by atoms with E-state index < -0.39 is 0 Å². The molecule has 0 fully saturated rings. The lowest BCUT2D eigenvalue weighted by molar-refractivity contribution is 0.183. The topological polar surface area (TPSA) is 91.1 Å². The molecule has 0 unspecified atom stereocenters. The summed E-state index contributed by atoms with van der Waals surface area (Å²) in [6.45, 7) is 3.96. The summed E-state index contributed by atoms with van der Waals surface area (Å²) in [6.07, 6.45) is 1.68. The fourth-order valence-corrected chi connectivity index (χ4v) is 2.34. The van der Waals surface area contributed by atoms with E-state index in [0.29, 0.717) is 19.6 Å². The largest absolute Gasteiger partial charge is 0.395 e. The van der Waals surface area contributed by atoms with Crippen LogP contribution in [0.5, 0.6) is 0 Å². The molecule has 0 saturated heterocycles. The number of imidazole rings is 1. The normalized spacial score (nSPS) is 11.6. The van der Waals surface area contributed by atoms with Crippen LogP contribution in [0.2, 0.25) is 0 Å². The zero-order valence-electron chi connectivity index (χ0n) is 11.8. The van der Waals surface area contributed by atoms with Gasteiger partial charge in [-0.1, -0.05) is 12.1 Å². The summed E-state index contributed by atoms with van der Waals surface area (Å²) in [5.41, 5.74) is 4.55. The Bertz CT molecular complexity index is 721. The Balaban J connectivity index is 1.81. The van der Waals surface area contributed by atoms with Gasteiger partial charge in [-0.15, -0.1) is 0 Å². The van der Waals surface area contributed by atoms with E-state index in [0.717, 1.165) is 28.0 Å². The van der Waals surface area contributed by atoms with E-state index in [2.05, 4.69) is 25.2 Å². The maximum atomic E-state index is 9.27. The average molecular weight is 287 g/mol.